The van der Waals surface area contributed by atoms with Crippen LogP contribution in [0.15, 0.2) is 24.3 Å². The van der Waals surface area contributed by atoms with Gasteiger partial charge in [0.25, 0.3) is 0 Å². The monoisotopic (exact) mass is 376 g/mol. The van der Waals surface area contributed by atoms with Crippen LogP contribution in [-0.4, -0.2) is 22.3 Å². The van der Waals surface area contributed by atoms with Crippen LogP contribution >= 0.6 is 0 Å². The van der Waals surface area contributed by atoms with Gasteiger partial charge in [0.15, 0.2) is 0 Å². The fourth-order valence-electron chi connectivity index (χ4n) is 5.26. The van der Waals surface area contributed by atoms with Crippen molar-refractivity contribution in [2.45, 2.75) is 91.1 Å². The van der Waals surface area contributed by atoms with E-state index in [0.717, 1.165) is 43.9 Å². The number of fused-ring (bicyclic) bond motifs is 2. The molecule has 0 amide bonds. The molecule has 3 rings (SSSR count). The van der Waals surface area contributed by atoms with Crippen LogP contribution in [0.4, 0.5) is 0 Å². The third kappa shape index (κ3) is 6.20. The second kappa shape index (κ2) is 10.5. The zero-order valence-corrected chi connectivity index (χ0v) is 17.6. The van der Waals surface area contributed by atoms with Gasteiger partial charge in [0.1, 0.15) is 0 Å². The van der Waals surface area contributed by atoms with E-state index in [-0.39, 0.29) is 12.5 Å². The van der Waals surface area contributed by atoms with Crippen molar-refractivity contribution < 1.29 is 15.0 Å². The first-order chi connectivity index (χ1) is 12.9. The van der Waals surface area contributed by atoms with Crippen molar-refractivity contribution in [1.82, 2.24) is 0 Å². The number of aliphatic hydroxyl groups is 1. The molecule has 0 aliphatic heterocycles. The number of hydrogen-bond donors (Lipinski definition) is 2. The summed E-state index contributed by atoms with van der Waals surface area (Å²) in [6.45, 7) is 7.04. The van der Waals surface area contributed by atoms with Crippen LogP contribution in [0.2, 0.25) is 0 Å². The Bertz CT molecular complexity index is 520. The summed E-state index contributed by atoms with van der Waals surface area (Å²) in [7, 11) is 0. The van der Waals surface area contributed by atoms with E-state index in [1.54, 1.807) is 0 Å². The summed E-state index contributed by atoms with van der Waals surface area (Å²) in [5, 5.41) is 19.0. The van der Waals surface area contributed by atoms with Crippen LogP contribution < -0.4 is 0 Å². The van der Waals surface area contributed by atoms with Crippen LogP contribution in [0, 0.1) is 29.1 Å². The van der Waals surface area contributed by atoms with E-state index < -0.39 is 5.97 Å². The molecule has 0 aromatic rings. The van der Waals surface area contributed by atoms with Gasteiger partial charge in [0.2, 0.25) is 0 Å². The van der Waals surface area contributed by atoms with Crippen molar-refractivity contribution in [2.24, 2.45) is 29.1 Å². The molecule has 0 aromatic carbocycles. The molecule has 3 fully saturated rings. The lowest BCUT2D eigenvalue weighted by Crippen LogP contribution is -2.55. The maximum Gasteiger partial charge on any atom is 0.303 e. The van der Waals surface area contributed by atoms with E-state index in [1.807, 2.05) is 0 Å². The number of rotatable bonds is 12. The summed E-state index contributed by atoms with van der Waals surface area (Å²) in [6.07, 6.45) is 18.4. The van der Waals surface area contributed by atoms with Crippen molar-refractivity contribution in [3.63, 3.8) is 0 Å². The fraction of sp³-hybridized carbons (Fsp3) is 0.792. The molecule has 3 aliphatic rings. The fourth-order valence-corrected chi connectivity index (χ4v) is 5.26. The molecule has 2 bridgehead atoms. The third-order valence-electron chi connectivity index (χ3n) is 7.19. The summed E-state index contributed by atoms with van der Waals surface area (Å²) in [5.74, 6) is 2.11. The van der Waals surface area contributed by atoms with Gasteiger partial charge in [-0.3, -0.25) is 4.79 Å². The summed E-state index contributed by atoms with van der Waals surface area (Å²) in [6, 6.07) is 0. The van der Waals surface area contributed by atoms with Crippen molar-refractivity contribution >= 4 is 5.97 Å². The van der Waals surface area contributed by atoms with E-state index in [4.69, 9.17) is 5.11 Å². The van der Waals surface area contributed by atoms with Gasteiger partial charge in [0, 0.05) is 6.42 Å². The average Bonchev–Trinajstić information content (AvgIpc) is 2.62. The number of carboxylic acid groups (broad SMARTS) is 1. The molecule has 5 atom stereocenters. The second-order valence-corrected chi connectivity index (χ2v) is 9.37. The summed E-state index contributed by atoms with van der Waals surface area (Å²) in [5.41, 5.74) is 0.450. The van der Waals surface area contributed by atoms with Crippen molar-refractivity contribution in [3.05, 3.63) is 24.3 Å². The lowest BCUT2D eigenvalue weighted by molar-refractivity contribution is -0.137. The number of aliphatic carboxylic acids is 1. The minimum Gasteiger partial charge on any atom is -0.481 e. The Labute approximate surface area is 165 Å². The Kier molecular flexibility index (Phi) is 8.60. The van der Waals surface area contributed by atoms with E-state index in [1.165, 1.54) is 25.7 Å². The molecule has 0 heterocycles. The molecule has 3 saturated carbocycles. The first-order valence-corrected chi connectivity index (χ1v) is 11.1. The lowest BCUT2D eigenvalue weighted by atomic mass is 9.43. The highest BCUT2D eigenvalue weighted by Gasteiger charge is 2.56. The number of allylic oxidation sites excluding steroid dienone is 3. The van der Waals surface area contributed by atoms with E-state index >= 15 is 0 Å². The van der Waals surface area contributed by atoms with Crippen molar-refractivity contribution in [2.75, 3.05) is 0 Å². The number of carbonyl (C=O) groups is 1. The van der Waals surface area contributed by atoms with Crippen LogP contribution in [0.5, 0.6) is 0 Å². The number of unbranched alkanes of at least 4 members (excludes halogenated alkanes) is 3. The zero-order chi connectivity index (χ0) is 19.9. The van der Waals surface area contributed by atoms with Crippen LogP contribution in [0.25, 0.3) is 0 Å². The average molecular weight is 377 g/mol. The molecule has 0 unspecified atom stereocenters. The summed E-state index contributed by atoms with van der Waals surface area (Å²) >= 11 is 0. The lowest BCUT2D eigenvalue weighted by Gasteiger charge is -2.62. The number of carboxylic acids is 1. The smallest absolute Gasteiger partial charge is 0.303 e. The first kappa shape index (κ1) is 22.2. The maximum absolute atomic E-state index is 10.6. The highest BCUT2D eigenvalue weighted by molar-refractivity contribution is 5.66. The SMILES string of the molecule is CCCCC[C@@H](O)/C=C\[C@H]1C[C@H]2C[C@@H]([C@@H]1C/C=C/CCCC(=O)O)C2(C)C. The predicted octanol–water partition coefficient (Wildman–Crippen LogP) is 5.98. The van der Waals surface area contributed by atoms with E-state index in [0.29, 0.717) is 17.3 Å². The Morgan fingerprint density at radius 2 is 1.96 bits per heavy atom. The molecular formula is C24H40O3. The Morgan fingerprint density at radius 1 is 1.19 bits per heavy atom. The Balaban J connectivity index is 1.88. The van der Waals surface area contributed by atoms with Gasteiger partial charge >= 0.3 is 5.97 Å². The van der Waals surface area contributed by atoms with Crippen LogP contribution in [-0.2, 0) is 4.79 Å². The standard InChI is InChI=1S/C24H40O3/c1-4-5-8-11-20(25)15-14-18-16-19-17-22(24(19,2)3)21(18)12-9-6-7-10-13-23(26)27/h6,9,14-15,18-22,25H,4-5,7-8,10-13,16-17H2,1-3H3,(H,26,27)/b9-6+,15-14-/t18-,19-,20+,21+,22-/m0/s1. The topological polar surface area (TPSA) is 57.5 Å². The molecule has 2 N–H and O–H groups in total. The Morgan fingerprint density at radius 3 is 2.63 bits per heavy atom. The summed E-state index contributed by atoms with van der Waals surface area (Å²) in [4.78, 5) is 10.6. The van der Waals surface area contributed by atoms with Crippen LogP contribution in [0.3, 0.4) is 0 Å². The molecular weight excluding hydrogens is 336 g/mol. The molecule has 27 heavy (non-hydrogen) atoms. The maximum atomic E-state index is 10.6. The highest BCUT2D eigenvalue weighted by Crippen LogP contribution is 2.64. The predicted molar refractivity (Wildman–Crippen MR) is 112 cm³/mol. The third-order valence-corrected chi connectivity index (χ3v) is 7.19. The second-order valence-electron chi connectivity index (χ2n) is 9.37. The normalized spacial score (nSPS) is 30.5. The molecule has 3 aliphatic carbocycles. The van der Waals surface area contributed by atoms with Gasteiger partial charge in [-0.05, 0) is 67.6 Å². The molecule has 154 valence electrons. The van der Waals surface area contributed by atoms with Gasteiger partial charge in [-0.1, -0.05) is 64.3 Å². The molecule has 0 aromatic heterocycles. The van der Waals surface area contributed by atoms with E-state index in [9.17, 15) is 9.90 Å². The summed E-state index contributed by atoms with van der Waals surface area (Å²) < 4.78 is 0. The van der Waals surface area contributed by atoms with Crippen LogP contribution in [0.1, 0.15) is 85.0 Å². The minimum atomic E-state index is -0.708. The first-order valence-electron chi connectivity index (χ1n) is 11.1. The van der Waals surface area contributed by atoms with Gasteiger partial charge in [0.05, 0.1) is 6.10 Å². The van der Waals surface area contributed by atoms with Gasteiger partial charge in [-0.25, -0.2) is 0 Å². The van der Waals surface area contributed by atoms with Gasteiger partial charge < -0.3 is 10.2 Å². The largest absolute Gasteiger partial charge is 0.481 e. The molecule has 0 spiro atoms. The van der Waals surface area contributed by atoms with Gasteiger partial charge in [-0.2, -0.15) is 0 Å². The molecule has 3 nitrogen and oxygen atoms in total. The zero-order valence-electron chi connectivity index (χ0n) is 17.6. The quantitative estimate of drug-likeness (QED) is 0.325. The Hall–Kier alpha value is -1.09. The molecule has 0 saturated heterocycles. The van der Waals surface area contributed by atoms with Crippen molar-refractivity contribution in [1.29, 1.82) is 0 Å². The van der Waals surface area contributed by atoms with E-state index in [2.05, 4.69) is 45.1 Å². The number of aliphatic hydroxyl groups excluding tert-OH is 1. The molecule has 3 heteroatoms. The van der Waals surface area contributed by atoms with Gasteiger partial charge in [-0.15, -0.1) is 0 Å². The van der Waals surface area contributed by atoms with Crippen molar-refractivity contribution in [3.8, 4) is 0 Å². The minimum absolute atomic E-state index is 0.256. The molecule has 0 radical (unpaired) electrons. The number of hydrogen-bond acceptors (Lipinski definition) is 2. The highest BCUT2D eigenvalue weighted by atomic mass is 16.4.